The molecule has 1 amide bonds. The topological polar surface area (TPSA) is 69.0 Å². The molecule has 0 radical (unpaired) electrons. The van der Waals surface area contributed by atoms with E-state index in [4.69, 9.17) is 0 Å². The van der Waals surface area contributed by atoms with Crippen molar-refractivity contribution in [2.45, 2.75) is 20.3 Å². The van der Waals surface area contributed by atoms with E-state index < -0.39 is 0 Å². The number of hydrogen-bond acceptors (Lipinski definition) is 6. The summed E-state index contributed by atoms with van der Waals surface area (Å²) in [5, 5.41) is 7.51. The molecule has 1 fully saturated rings. The number of benzene rings is 1. The van der Waals surface area contributed by atoms with E-state index in [0.29, 0.717) is 11.2 Å². The first-order valence-corrected chi connectivity index (χ1v) is 11.3. The van der Waals surface area contributed by atoms with Crippen LogP contribution in [0.2, 0.25) is 0 Å². The molecule has 0 unspecified atom stereocenters. The van der Waals surface area contributed by atoms with E-state index in [1.807, 2.05) is 31.2 Å². The quantitative estimate of drug-likeness (QED) is 0.615. The summed E-state index contributed by atoms with van der Waals surface area (Å²) in [5.41, 5.74) is 3.97. The summed E-state index contributed by atoms with van der Waals surface area (Å²) < 4.78 is 1.80. The molecule has 3 aromatic rings. The van der Waals surface area contributed by atoms with Gasteiger partial charge in [-0.1, -0.05) is 19.1 Å². The summed E-state index contributed by atoms with van der Waals surface area (Å²) in [5.74, 6) is 0.799. The number of fused-ring (bicyclic) bond motifs is 1. The second kappa shape index (κ2) is 9.67. The third-order valence-corrected chi connectivity index (χ3v) is 6.01. The molecule has 1 aliphatic heterocycles. The van der Waals surface area contributed by atoms with Crippen molar-refractivity contribution < 1.29 is 4.79 Å². The summed E-state index contributed by atoms with van der Waals surface area (Å²) >= 11 is 0. The highest BCUT2D eigenvalue weighted by Gasteiger charge is 2.22. The fraction of sp³-hybridized carbons (Fsp3) is 0.458. The number of nitrogens with one attached hydrogen (secondary N) is 1. The summed E-state index contributed by atoms with van der Waals surface area (Å²) in [4.78, 5) is 24.7. The number of aryl methyl sites for hydroxylation is 2. The van der Waals surface area contributed by atoms with Crippen molar-refractivity contribution >= 4 is 23.1 Å². The van der Waals surface area contributed by atoms with Crippen LogP contribution in [0.25, 0.3) is 5.65 Å². The molecule has 3 heterocycles. The van der Waals surface area contributed by atoms with Crippen LogP contribution in [-0.4, -0.2) is 83.7 Å². The number of amides is 1. The van der Waals surface area contributed by atoms with Crippen molar-refractivity contribution in [2.75, 3.05) is 63.6 Å². The second-order valence-electron chi connectivity index (χ2n) is 8.69. The highest BCUT2D eigenvalue weighted by molar-refractivity contribution is 6.08. The number of nitrogens with zero attached hydrogens (tertiary/aromatic N) is 6. The number of likely N-dealkylation sites (N-methyl/N-ethyl adjacent to an activating group) is 1. The Labute approximate surface area is 189 Å². The minimum absolute atomic E-state index is 0.193. The molecule has 8 heteroatoms. The summed E-state index contributed by atoms with van der Waals surface area (Å²) in [6, 6.07) is 9.99. The molecule has 0 atom stereocenters. The lowest BCUT2D eigenvalue weighted by molar-refractivity contribution is 0.102. The zero-order valence-corrected chi connectivity index (χ0v) is 19.5. The monoisotopic (exact) mass is 435 g/mol. The third-order valence-electron chi connectivity index (χ3n) is 6.01. The largest absolute Gasteiger partial charge is 0.354 e. The van der Waals surface area contributed by atoms with Crippen LogP contribution in [0.3, 0.4) is 0 Å². The molecule has 1 aromatic carbocycles. The number of hydrogen-bond donors (Lipinski definition) is 1. The van der Waals surface area contributed by atoms with Crippen molar-refractivity contribution in [1.29, 1.82) is 0 Å². The van der Waals surface area contributed by atoms with E-state index in [0.717, 1.165) is 62.9 Å². The fourth-order valence-electron chi connectivity index (χ4n) is 4.01. The Morgan fingerprint density at radius 1 is 1.12 bits per heavy atom. The van der Waals surface area contributed by atoms with Crippen LogP contribution in [0, 0.1) is 6.92 Å². The first-order chi connectivity index (χ1) is 15.4. The van der Waals surface area contributed by atoms with Gasteiger partial charge in [0.05, 0.1) is 6.20 Å². The predicted molar refractivity (Wildman–Crippen MR) is 129 cm³/mol. The highest BCUT2D eigenvalue weighted by atomic mass is 16.1. The number of aromatic nitrogens is 3. The zero-order chi connectivity index (χ0) is 22.7. The smallest absolute Gasteiger partial charge is 0.261 e. The highest BCUT2D eigenvalue weighted by Crippen LogP contribution is 2.22. The average Bonchev–Trinajstić information content (AvgIpc) is 3.22. The molecule has 1 saturated heterocycles. The van der Waals surface area contributed by atoms with Gasteiger partial charge in [-0.15, -0.1) is 0 Å². The van der Waals surface area contributed by atoms with Gasteiger partial charge in [-0.3, -0.25) is 9.69 Å². The van der Waals surface area contributed by atoms with Crippen LogP contribution in [0.5, 0.6) is 0 Å². The molecule has 4 rings (SSSR count). The van der Waals surface area contributed by atoms with Crippen molar-refractivity contribution in [1.82, 2.24) is 24.4 Å². The first kappa shape index (κ1) is 22.2. The molecule has 1 aliphatic rings. The van der Waals surface area contributed by atoms with Gasteiger partial charge in [-0.25, -0.2) is 4.98 Å². The Morgan fingerprint density at radius 3 is 2.50 bits per heavy atom. The zero-order valence-electron chi connectivity index (χ0n) is 19.5. The van der Waals surface area contributed by atoms with E-state index in [2.05, 4.69) is 57.2 Å². The van der Waals surface area contributed by atoms with E-state index in [1.165, 1.54) is 5.56 Å². The van der Waals surface area contributed by atoms with Gasteiger partial charge in [0.25, 0.3) is 5.91 Å². The minimum atomic E-state index is -0.193. The van der Waals surface area contributed by atoms with Crippen LogP contribution in [0.4, 0.5) is 11.5 Å². The molecule has 0 aliphatic carbocycles. The Bertz CT molecular complexity index is 1070. The van der Waals surface area contributed by atoms with Gasteiger partial charge in [-0.05, 0) is 45.1 Å². The van der Waals surface area contributed by atoms with Gasteiger partial charge in [-0.2, -0.15) is 9.61 Å². The molecular weight excluding hydrogens is 402 g/mol. The maximum atomic E-state index is 13.0. The SMILES string of the molecule is CCc1ccc(NC(=O)c2cnn3c(N4CCN(CCN(C)C)CC4)cc(C)nc23)cc1. The number of rotatable bonds is 7. The predicted octanol–water partition coefficient (Wildman–Crippen LogP) is 2.54. The Kier molecular flexibility index (Phi) is 6.72. The Hall–Kier alpha value is -2.97. The number of carbonyl (C=O) groups excluding carboxylic acids is 1. The van der Waals surface area contributed by atoms with Gasteiger partial charge >= 0.3 is 0 Å². The van der Waals surface area contributed by atoms with Crippen molar-refractivity contribution in [3.63, 3.8) is 0 Å². The maximum Gasteiger partial charge on any atom is 0.261 e. The van der Waals surface area contributed by atoms with Gasteiger partial charge < -0.3 is 15.1 Å². The number of carbonyl (C=O) groups is 1. The minimum Gasteiger partial charge on any atom is -0.354 e. The molecule has 1 N–H and O–H groups in total. The van der Waals surface area contributed by atoms with E-state index in [-0.39, 0.29) is 5.91 Å². The second-order valence-corrected chi connectivity index (χ2v) is 8.69. The van der Waals surface area contributed by atoms with Crippen LogP contribution in [0.15, 0.2) is 36.5 Å². The van der Waals surface area contributed by atoms with E-state index >= 15 is 0 Å². The lowest BCUT2D eigenvalue weighted by Crippen LogP contribution is -2.48. The normalized spacial score (nSPS) is 15.0. The van der Waals surface area contributed by atoms with Gasteiger partial charge in [0.15, 0.2) is 5.65 Å². The van der Waals surface area contributed by atoms with Crippen molar-refractivity contribution in [2.24, 2.45) is 0 Å². The maximum absolute atomic E-state index is 13.0. The van der Waals surface area contributed by atoms with Gasteiger partial charge in [0, 0.05) is 56.7 Å². The third kappa shape index (κ3) is 4.92. The molecule has 2 aromatic heterocycles. The van der Waals surface area contributed by atoms with Gasteiger partial charge in [0.2, 0.25) is 0 Å². The van der Waals surface area contributed by atoms with Crippen LogP contribution in [0.1, 0.15) is 28.5 Å². The van der Waals surface area contributed by atoms with E-state index in [9.17, 15) is 4.79 Å². The Balaban J connectivity index is 1.52. The van der Waals surface area contributed by atoms with Crippen LogP contribution < -0.4 is 10.2 Å². The standard InChI is InChI=1S/C24H33N7O/c1-5-19-6-8-20(9-7-19)27-24(32)21-17-25-31-22(16-18(2)26-23(21)31)30-14-12-29(13-15-30)11-10-28(3)4/h6-9,16-17H,5,10-15H2,1-4H3,(H,27,32). The number of piperazine rings is 1. The fourth-order valence-corrected chi connectivity index (χ4v) is 4.01. The molecule has 0 saturated carbocycles. The molecule has 170 valence electrons. The lowest BCUT2D eigenvalue weighted by atomic mass is 10.1. The first-order valence-electron chi connectivity index (χ1n) is 11.3. The lowest BCUT2D eigenvalue weighted by Gasteiger charge is -2.36. The number of anilines is 2. The van der Waals surface area contributed by atoms with E-state index in [1.54, 1.807) is 10.7 Å². The summed E-state index contributed by atoms with van der Waals surface area (Å²) in [6.07, 6.45) is 2.59. The summed E-state index contributed by atoms with van der Waals surface area (Å²) in [6.45, 7) is 10.1. The summed E-state index contributed by atoms with van der Waals surface area (Å²) in [7, 11) is 4.22. The van der Waals surface area contributed by atoms with Gasteiger partial charge in [0.1, 0.15) is 11.4 Å². The molecule has 0 bridgehead atoms. The van der Waals surface area contributed by atoms with Crippen molar-refractivity contribution in [3.05, 3.63) is 53.3 Å². The Morgan fingerprint density at radius 2 is 1.84 bits per heavy atom. The van der Waals surface area contributed by atoms with Crippen LogP contribution in [-0.2, 0) is 6.42 Å². The average molecular weight is 436 g/mol. The van der Waals surface area contributed by atoms with Crippen molar-refractivity contribution in [3.8, 4) is 0 Å². The molecular formula is C24H33N7O. The molecule has 32 heavy (non-hydrogen) atoms. The van der Waals surface area contributed by atoms with Crippen LogP contribution >= 0.6 is 0 Å². The molecule has 8 nitrogen and oxygen atoms in total. The molecule has 0 spiro atoms.